The van der Waals surface area contributed by atoms with E-state index in [4.69, 9.17) is 23.2 Å². The van der Waals surface area contributed by atoms with Crippen LogP contribution in [0.15, 0.2) is 60.1 Å². The summed E-state index contributed by atoms with van der Waals surface area (Å²) in [6.07, 6.45) is 2.22. The van der Waals surface area contributed by atoms with Crippen LogP contribution in [-0.2, 0) is 11.2 Å². The second-order valence-electron chi connectivity index (χ2n) is 5.24. The fourth-order valence-electron chi connectivity index (χ4n) is 2.42. The molecule has 2 aromatic carbocycles. The van der Waals surface area contributed by atoms with E-state index in [2.05, 4.69) is 10.3 Å². The van der Waals surface area contributed by atoms with Crippen molar-refractivity contribution in [3.05, 3.63) is 81.3 Å². The first-order valence-corrected chi connectivity index (χ1v) is 8.96. The van der Waals surface area contributed by atoms with Gasteiger partial charge in [-0.25, -0.2) is 4.98 Å². The van der Waals surface area contributed by atoms with Crippen molar-refractivity contribution in [1.29, 1.82) is 0 Å². The minimum Gasteiger partial charge on any atom is -0.301 e. The molecule has 1 heterocycles. The molecule has 0 spiro atoms. The summed E-state index contributed by atoms with van der Waals surface area (Å²) in [6.45, 7) is 0. The maximum Gasteiger partial charge on any atom is 0.234 e. The van der Waals surface area contributed by atoms with Gasteiger partial charge in [-0.1, -0.05) is 59.6 Å². The summed E-state index contributed by atoms with van der Waals surface area (Å²) >= 11 is 13.5. The van der Waals surface area contributed by atoms with Crippen molar-refractivity contribution in [2.24, 2.45) is 0 Å². The molecule has 3 rings (SSSR count). The van der Waals surface area contributed by atoms with Gasteiger partial charge >= 0.3 is 0 Å². The summed E-state index contributed by atoms with van der Waals surface area (Å²) in [5.74, 6) is -0.502. The van der Waals surface area contributed by atoms with Gasteiger partial charge in [-0.05, 0) is 29.7 Å². The lowest BCUT2D eigenvalue weighted by molar-refractivity contribution is -0.117. The number of halogens is 2. The van der Waals surface area contributed by atoms with E-state index in [1.165, 1.54) is 11.3 Å². The first-order chi connectivity index (χ1) is 11.6. The first kappa shape index (κ1) is 17.0. The van der Waals surface area contributed by atoms with Crippen LogP contribution < -0.4 is 5.32 Å². The number of rotatable bonds is 5. The van der Waals surface area contributed by atoms with Crippen LogP contribution in [0, 0.1) is 0 Å². The number of benzene rings is 2. The van der Waals surface area contributed by atoms with E-state index in [0.717, 1.165) is 11.1 Å². The third kappa shape index (κ3) is 4.15. The van der Waals surface area contributed by atoms with Crippen LogP contribution in [0.4, 0.5) is 5.13 Å². The third-order valence-electron chi connectivity index (χ3n) is 3.61. The quantitative estimate of drug-likeness (QED) is 0.646. The van der Waals surface area contributed by atoms with Gasteiger partial charge in [-0.15, -0.1) is 11.3 Å². The molecule has 3 nitrogen and oxygen atoms in total. The predicted molar refractivity (Wildman–Crippen MR) is 100 cm³/mol. The third-order valence-corrected chi connectivity index (χ3v) is 5.04. The molecule has 1 atom stereocenters. The number of carbonyl (C=O) groups excluding carboxylic acids is 1. The van der Waals surface area contributed by atoms with E-state index < -0.39 is 0 Å². The van der Waals surface area contributed by atoms with Gasteiger partial charge in [0, 0.05) is 11.6 Å². The number of nitrogens with zero attached hydrogens (tertiary/aromatic N) is 1. The highest BCUT2D eigenvalue weighted by Crippen LogP contribution is 2.29. The molecule has 122 valence electrons. The molecule has 1 aromatic heterocycles. The van der Waals surface area contributed by atoms with Crippen molar-refractivity contribution >= 4 is 45.6 Å². The van der Waals surface area contributed by atoms with Gasteiger partial charge in [-0.3, -0.25) is 4.79 Å². The predicted octanol–water partition coefficient (Wildman–Crippen LogP) is 5.41. The minimum absolute atomic E-state index is 0.118. The zero-order valence-electron chi connectivity index (χ0n) is 12.6. The smallest absolute Gasteiger partial charge is 0.234 e. The van der Waals surface area contributed by atoms with E-state index in [-0.39, 0.29) is 11.8 Å². The summed E-state index contributed by atoms with van der Waals surface area (Å²) in [5.41, 5.74) is 1.89. The van der Waals surface area contributed by atoms with Gasteiger partial charge in [0.05, 0.1) is 16.0 Å². The summed E-state index contributed by atoms with van der Waals surface area (Å²) in [6, 6.07) is 15.2. The Morgan fingerprint density at radius 1 is 1.12 bits per heavy atom. The average Bonchev–Trinajstić information content (AvgIpc) is 3.09. The normalized spacial score (nSPS) is 11.9. The number of carbonyl (C=O) groups is 1. The summed E-state index contributed by atoms with van der Waals surface area (Å²) in [5, 5.41) is 6.18. The van der Waals surface area contributed by atoms with Crippen LogP contribution in [0.1, 0.15) is 17.0 Å². The topological polar surface area (TPSA) is 42.0 Å². The Morgan fingerprint density at radius 3 is 2.58 bits per heavy atom. The lowest BCUT2D eigenvalue weighted by Crippen LogP contribution is -2.23. The van der Waals surface area contributed by atoms with Crippen molar-refractivity contribution in [3.63, 3.8) is 0 Å². The Balaban J connectivity index is 1.90. The van der Waals surface area contributed by atoms with Crippen LogP contribution in [0.3, 0.4) is 0 Å². The fraction of sp³-hybridized carbons (Fsp3) is 0.111. The molecule has 0 fully saturated rings. The average molecular weight is 377 g/mol. The highest BCUT2D eigenvalue weighted by molar-refractivity contribution is 7.13. The Morgan fingerprint density at radius 2 is 1.92 bits per heavy atom. The molecular weight excluding hydrogens is 363 g/mol. The first-order valence-electron chi connectivity index (χ1n) is 7.32. The van der Waals surface area contributed by atoms with E-state index >= 15 is 0 Å². The van der Waals surface area contributed by atoms with Gasteiger partial charge < -0.3 is 5.32 Å². The molecule has 1 unspecified atom stereocenters. The molecule has 1 amide bonds. The van der Waals surface area contributed by atoms with Gasteiger partial charge in [0.25, 0.3) is 0 Å². The molecule has 3 aromatic rings. The zero-order valence-corrected chi connectivity index (χ0v) is 14.9. The molecule has 0 saturated carbocycles. The second-order valence-corrected chi connectivity index (χ2v) is 6.95. The van der Waals surface area contributed by atoms with E-state index in [1.807, 2.05) is 41.8 Å². The number of nitrogens with one attached hydrogen (secondary N) is 1. The number of hydrogen-bond acceptors (Lipinski definition) is 3. The van der Waals surface area contributed by atoms with Crippen molar-refractivity contribution in [2.45, 2.75) is 12.3 Å². The van der Waals surface area contributed by atoms with Crippen LogP contribution in [-0.4, -0.2) is 10.9 Å². The van der Waals surface area contributed by atoms with Gasteiger partial charge in [0.1, 0.15) is 0 Å². The van der Waals surface area contributed by atoms with E-state index in [0.29, 0.717) is 21.6 Å². The Bertz CT molecular complexity index is 822. The summed E-state index contributed by atoms with van der Waals surface area (Å²) < 4.78 is 0. The van der Waals surface area contributed by atoms with Crippen molar-refractivity contribution < 1.29 is 4.79 Å². The van der Waals surface area contributed by atoms with Crippen molar-refractivity contribution in [3.8, 4) is 0 Å². The monoisotopic (exact) mass is 376 g/mol. The largest absolute Gasteiger partial charge is 0.301 e. The molecule has 6 heteroatoms. The maximum absolute atomic E-state index is 12.8. The molecule has 1 N–H and O–H groups in total. The number of anilines is 1. The van der Waals surface area contributed by atoms with Crippen LogP contribution in [0.2, 0.25) is 10.0 Å². The van der Waals surface area contributed by atoms with E-state index in [9.17, 15) is 4.79 Å². The molecule has 0 radical (unpaired) electrons. The van der Waals surface area contributed by atoms with Gasteiger partial charge in [0.15, 0.2) is 5.13 Å². The highest BCUT2D eigenvalue weighted by Gasteiger charge is 2.22. The summed E-state index contributed by atoms with van der Waals surface area (Å²) in [7, 11) is 0. The van der Waals surface area contributed by atoms with Crippen LogP contribution in [0.5, 0.6) is 0 Å². The number of hydrogen-bond donors (Lipinski definition) is 1. The minimum atomic E-state index is -0.383. The number of aromatic nitrogens is 1. The number of thiazole rings is 1. The molecule has 0 aliphatic rings. The van der Waals surface area contributed by atoms with Crippen molar-refractivity contribution in [1.82, 2.24) is 4.98 Å². The van der Waals surface area contributed by atoms with Gasteiger partial charge in [-0.2, -0.15) is 0 Å². The second kappa shape index (κ2) is 7.79. The van der Waals surface area contributed by atoms with Crippen molar-refractivity contribution in [2.75, 3.05) is 5.32 Å². The highest BCUT2D eigenvalue weighted by atomic mass is 35.5. The molecule has 0 saturated heterocycles. The van der Waals surface area contributed by atoms with Gasteiger partial charge in [0.2, 0.25) is 5.91 Å². The lowest BCUT2D eigenvalue weighted by atomic mass is 9.91. The molecular formula is C18H14Cl2N2OS. The molecule has 0 aliphatic heterocycles. The zero-order chi connectivity index (χ0) is 16.9. The van der Waals surface area contributed by atoms with Crippen LogP contribution in [0.25, 0.3) is 0 Å². The Kier molecular flexibility index (Phi) is 5.51. The summed E-state index contributed by atoms with van der Waals surface area (Å²) in [4.78, 5) is 16.9. The maximum atomic E-state index is 12.8. The van der Waals surface area contributed by atoms with E-state index in [1.54, 1.807) is 18.3 Å². The molecule has 0 aliphatic carbocycles. The van der Waals surface area contributed by atoms with Crippen LogP contribution >= 0.6 is 34.5 Å². The Labute approximate surface area is 154 Å². The lowest BCUT2D eigenvalue weighted by Gasteiger charge is -2.17. The molecule has 0 bridgehead atoms. The SMILES string of the molecule is O=C(Nc1nccs1)C(Cc1ccccc1)c1ccc(Cl)c(Cl)c1. The Hall–Kier alpha value is -1.88. The fourth-order valence-corrected chi connectivity index (χ4v) is 3.26. The molecule has 24 heavy (non-hydrogen) atoms. The standard InChI is InChI=1S/C18H14Cl2N2OS/c19-15-7-6-13(11-16(15)20)14(10-12-4-2-1-3-5-12)17(23)22-18-21-8-9-24-18/h1-9,11,14H,10H2,(H,21,22,23). The number of amides is 1.